The lowest BCUT2D eigenvalue weighted by molar-refractivity contribution is 0.485. The minimum absolute atomic E-state index is 0.102. The minimum atomic E-state index is -0.102. The van der Waals surface area contributed by atoms with E-state index < -0.39 is 0 Å². The van der Waals surface area contributed by atoms with Crippen LogP contribution in [-0.4, -0.2) is 19.8 Å². The molecule has 0 aliphatic carbocycles. The Kier molecular flexibility index (Phi) is 2.64. The molecule has 2 aromatic rings. The first kappa shape index (κ1) is 10.0. The number of aromatic nitrogens is 4. The number of nitrogens with zero attached hydrogens (tertiary/aromatic N) is 4. The molecular formula is C10H15N5. The first-order valence-electron chi connectivity index (χ1n) is 5.10. The van der Waals surface area contributed by atoms with Crippen LogP contribution in [0.3, 0.4) is 0 Å². The van der Waals surface area contributed by atoms with Gasteiger partial charge in [0, 0.05) is 6.20 Å². The molecular weight excluding hydrogens is 190 g/mol. The summed E-state index contributed by atoms with van der Waals surface area (Å²) in [6, 6.07) is 3.60. The summed E-state index contributed by atoms with van der Waals surface area (Å²) >= 11 is 0. The van der Waals surface area contributed by atoms with Gasteiger partial charge in [0.05, 0.1) is 6.04 Å². The SMILES string of the molecule is CC(C)CC(N)c1nnc2cccnn12. The zero-order valence-corrected chi connectivity index (χ0v) is 8.96. The van der Waals surface area contributed by atoms with E-state index in [1.807, 2.05) is 12.1 Å². The van der Waals surface area contributed by atoms with E-state index in [0.29, 0.717) is 5.92 Å². The third-order valence-electron chi connectivity index (χ3n) is 2.26. The fourth-order valence-corrected chi connectivity index (χ4v) is 1.61. The van der Waals surface area contributed by atoms with Crippen LogP contribution in [0.1, 0.15) is 32.1 Å². The van der Waals surface area contributed by atoms with Crippen LogP contribution < -0.4 is 5.73 Å². The summed E-state index contributed by atoms with van der Waals surface area (Å²) in [6.07, 6.45) is 2.60. The first-order chi connectivity index (χ1) is 7.18. The predicted molar refractivity (Wildman–Crippen MR) is 57.2 cm³/mol. The maximum atomic E-state index is 6.04. The molecule has 2 aromatic heterocycles. The zero-order valence-electron chi connectivity index (χ0n) is 8.96. The molecule has 0 amide bonds. The van der Waals surface area contributed by atoms with E-state index in [0.717, 1.165) is 17.9 Å². The normalized spacial score (nSPS) is 13.6. The van der Waals surface area contributed by atoms with Gasteiger partial charge in [-0.3, -0.25) is 0 Å². The molecule has 0 saturated carbocycles. The topological polar surface area (TPSA) is 69.1 Å². The molecule has 0 bridgehead atoms. The summed E-state index contributed by atoms with van der Waals surface area (Å²) in [7, 11) is 0. The molecule has 0 aliphatic rings. The number of nitrogens with two attached hydrogens (primary N) is 1. The molecule has 0 spiro atoms. The number of fused-ring (bicyclic) bond motifs is 1. The molecule has 2 rings (SSSR count). The zero-order chi connectivity index (χ0) is 10.8. The highest BCUT2D eigenvalue weighted by Gasteiger charge is 2.15. The highest BCUT2D eigenvalue weighted by molar-refractivity contribution is 5.35. The summed E-state index contributed by atoms with van der Waals surface area (Å²) in [6.45, 7) is 4.27. The van der Waals surface area contributed by atoms with Crippen LogP contribution in [0.15, 0.2) is 18.3 Å². The molecule has 1 atom stereocenters. The lowest BCUT2D eigenvalue weighted by Crippen LogP contribution is -2.17. The first-order valence-corrected chi connectivity index (χ1v) is 5.10. The maximum Gasteiger partial charge on any atom is 0.177 e. The fraction of sp³-hybridized carbons (Fsp3) is 0.500. The Labute approximate surface area is 88.3 Å². The van der Waals surface area contributed by atoms with E-state index in [4.69, 9.17) is 5.73 Å². The molecule has 0 radical (unpaired) electrons. The quantitative estimate of drug-likeness (QED) is 0.816. The van der Waals surface area contributed by atoms with Gasteiger partial charge in [-0.15, -0.1) is 10.2 Å². The number of hydrogen-bond acceptors (Lipinski definition) is 4. The Morgan fingerprint density at radius 3 is 2.93 bits per heavy atom. The fourth-order valence-electron chi connectivity index (χ4n) is 1.61. The van der Waals surface area contributed by atoms with E-state index in [2.05, 4.69) is 29.1 Å². The molecule has 15 heavy (non-hydrogen) atoms. The largest absolute Gasteiger partial charge is 0.321 e. The summed E-state index contributed by atoms with van der Waals surface area (Å²) in [5.41, 5.74) is 6.79. The van der Waals surface area contributed by atoms with Crippen LogP contribution >= 0.6 is 0 Å². The van der Waals surface area contributed by atoms with Gasteiger partial charge in [-0.05, 0) is 24.5 Å². The molecule has 0 aromatic carbocycles. The lowest BCUT2D eigenvalue weighted by atomic mass is 10.0. The van der Waals surface area contributed by atoms with Crippen molar-refractivity contribution >= 4 is 5.65 Å². The highest BCUT2D eigenvalue weighted by atomic mass is 15.4. The van der Waals surface area contributed by atoms with Crippen molar-refractivity contribution in [3.8, 4) is 0 Å². The molecule has 0 fully saturated rings. The lowest BCUT2D eigenvalue weighted by Gasteiger charge is -2.11. The van der Waals surface area contributed by atoms with Crippen molar-refractivity contribution in [1.29, 1.82) is 0 Å². The maximum absolute atomic E-state index is 6.04. The molecule has 2 heterocycles. The Bertz CT molecular complexity index is 448. The van der Waals surface area contributed by atoms with Gasteiger partial charge in [-0.2, -0.15) is 9.61 Å². The van der Waals surface area contributed by atoms with E-state index in [1.54, 1.807) is 10.7 Å². The van der Waals surface area contributed by atoms with Gasteiger partial charge in [-0.25, -0.2) is 0 Å². The summed E-state index contributed by atoms with van der Waals surface area (Å²) < 4.78 is 1.70. The van der Waals surface area contributed by atoms with Gasteiger partial charge in [0.2, 0.25) is 0 Å². The molecule has 0 saturated heterocycles. The van der Waals surface area contributed by atoms with E-state index in [1.165, 1.54) is 0 Å². The summed E-state index contributed by atoms with van der Waals surface area (Å²) in [5.74, 6) is 1.27. The molecule has 0 aliphatic heterocycles. The number of rotatable bonds is 3. The van der Waals surface area contributed by atoms with Gasteiger partial charge in [0.25, 0.3) is 0 Å². The van der Waals surface area contributed by atoms with Gasteiger partial charge < -0.3 is 5.73 Å². The summed E-state index contributed by atoms with van der Waals surface area (Å²) in [4.78, 5) is 0. The molecule has 80 valence electrons. The molecule has 5 heteroatoms. The van der Waals surface area contributed by atoms with Crippen molar-refractivity contribution in [2.45, 2.75) is 26.3 Å². The Morgan fingerprint density at radius 1 is 1.40 bits per heavy atom. The Balaban J connectivity index is 2.35. The van der Waals surface area contributed by atoms with Crippen LogP contribution in [0, 0.1) is 5.92 Å². The Morgan fingerprint density at radius 2 is 2.20 bits per heavy atom. The summed E-state index contributed by atoms with van der Waals surface area (Å²) in [5, 5.41) is 12.3. The third-order valence-corrected chi connectivity index (χ3v) is 2.26. The van der Waals surface area contributed by atoms with E-state index >= 15 is 0 Å². The predicted octanol–water partition coefficient (Wildman–Crippen LogP) is 1.17. The van der Waals surface area contributed by atoms with Crippen LogP contribution in [0.25, 0.3) is 5.65 Å². The average Bonchev–Trinajstić information content (AvgIpc) is 2.59. The van der Waals surface area contributed by atoms with Crippen molar-refractivity contribution in [1.82, 2.24) is 19.8 Å². The second-order valence-corrected chi connectivity index (χ2v) is 4.09. The highest BCUT2D eigenvalue weighted by Crippen LogP contribution is 2.16. The Hall–Kier alpha value is -1.49. The van der Waals surface area contributed by atoms with Crippen LogP contribution in [0.4, 0.5) is 0 Å². The van der Waals surface area contributed by atoms with Gasteiger partial charge >= 0.3 is 0 Å². The monoisotopic (exact) mass is 205 g/mol. The minimum Gasteiger partial charge on any atom is -0.321 e. The van der Waals surface area contributed by atoms with Gasteiger partial charge in [-0.1, -0.05) is 13.8 Å². The van der Waals surface area contributed by atoms with Crippen molar-refractivity contribution < 1.29 is 0 Å². The van der Waals surface area contributed by atoms with Crippen LogP contribution in [0.2, 0.25) is 0 Å². The molecule has 1 unspecified atom stereocenters. The number of hydrogen-bond donors (Lipinski definition) is 1. The van der Waals surface area contributed by atoms with Crippen molar-refractivity contribution in [3.63, 3.8) is 0 Å². The van der Waals surface area contributed by atoms with Gasteiger partial charge in [0.1, 0.15) is 0 Å². The molecule has 5 nitrogen and oxygen atoms in total. The van der Waals surface area contributed by atoms with Crippen LogP contribution in [0.5, 0.6) is 0 Å². The third kappa shape index (κ3) is 1.97. The van der Waals surface area contributed by atoms with Crippen molar-refractivity contribution in [3.05, 3.63) is 24.2 Å². The van der Waals surface area contributed by atoms with Crippen molar-refractivity contribution in [2.75, 3.05) is 0 Å². The average molecular weight is 205 g/mol. The second kappa shape index (κ2) is 3.94. The van der Waals surface area contributed by atoms with Gasteiger partial charge in [0.15, 0.2) is 11.5 Å². The van der Waals surface area contributed by atoms with E-state index in [9.17, 15) is 0 Å². The second-order valence-electron chi connectivity index (χ2n) is 4.09. The standard InChI is InChI=1S/C10H15N5/c1-7(2)6-8(11)10-14-13-9-4-3-5-12-15(9)10/h3-5,7-8H,6,11H2,1-2H3. The molecule has 2 N–H and O–H groups in total. The smallest absolute Gasteiger partial charge is 0.177 e. The van der Waals surface area contributed by atoms with Crippen molar-refractivity contribution in [2.24, 2.45) is 11.7 Å². The van der Waals surface area contributed by atoms with Crippen LogP contribution in [-0.2, 0) is 0 Å². The van der Waals surface area contributed by atoms with E-state index in [-0.39, 0.29) is 6.04 Å².